The van der Waals surface area contributed by atoms with Crippen molar-refractivity contribution in [1.29, 1.82) is 5.41 Å². The molecule has 1 aromatic carbocycles. The minimum atomic E-state index is -0.125. The molecule has 0 aliphatic rings. The molecular weight excluding hydrogens is 406 g/mol. The van der Waals surface area contributed by atoms with E-state index in [1.165, 1.54) is 9.20 Å². The molecule has 2 heterocycles. The third-order valence-electron chi connectivity index (χ3n) is 5.37. The molecule has 0 fully saturated rings. The van der Waals surface area contributed by atoms with Crippen LogP contribution in [0.5, 0.6) is 11.6 Å². The van der Waals surface area contributed by atoms with Crippen molar-refractivity contribution in [3.8, 4) is 11.6 Å². The minimum absolute atomic E-state index is 0.00400. The molecule has 32 heavy (non-hydrogen) atoms. The number of Topliss-reactive ketones (excluding diaryl/α,β-unsaturated/α-hetero) is 1. The van der Waals surface area contributed by atoms with Crippen LogP contribution in [0.25, 0.3) is 5.65 Å². The van der Waals surface area contributed by atoms with Crippen molar-refractivity contribution in [2.24, 2.45) is 0 Å². The Morgan fingerprint density at radius 3 is 2.53 bits per heavy atom. The van der Waals surface area contributed by atoms with Gasteiger partial charge in [0.25, 0.3) is 0 Å². The van der Waals surface area contributed by atoms with E-state index in [0.717, 1.165) is 18.4 Å². The van der Waals surface area contributed by atoms with E-state index in [4.69, 9.17) is 14.9 Å². The second kappa shape index (κ2) is 9.54. The van der Waals surface area contributed by atoms with Crippen molar-refractivity contribution in [1.82, 2.24) is 14.7 Å². The van der Waals surface area contributed by atoms with Crippen molar-refractivity contribution in [2.75, 3.05) is 6.61 Å². The van der Waals surface area contributed by atoms with Gasteiger partial charge in [0, 0.05) is 11.6 Å². The van der Waals surface area contributed by atoms with E-state index in [0.29, 0.717) is 29.4 Å². The van der Waals surface area contributed by atoms with Crippen LogP contribution in [0.4, 0.5) is 0 Å². The van der Waals surface area contributed by atoms with Crippen LogP contribution in [0.1, 0.15) is 70.3 Å². The van der Waals surface area contributed by atoms with Crippen molar-refractivity contribution >= 4 is 11.4 Å². The van der Waals surface area contributed by atoms with Gasteiger partial charge in [-0.1, -0.05) is 34.6 Å². The van der Waals surface area contributed by atoms with Crippen LogP contribution in [0, 0.1) is 5.41 Å². The molecule has 0 aliphatic carbocycles. The summed E-state index contributed by atoms with van der Waals surface area (Å²) < 4.78 is 14.5. The summed E-state index contributed by atoms with van der Waals surface area (Å²) in [6.07, 6.45) is 1.82. The first-order valence-electron chi connectivity index (χ1n) is 11.2. The summed E-state index contributed by atoms with van der Waals surface area (Å²) in [6.45, 7) is 12.9. The molecule has 0 radical (unpaired) electrons. The Bertz CT molecular complexity index is 1150. The first kappa shape index (κ1) is 23.5. The van der Waals surface area contributed by atoms with E-state index < -0.39 is 0 Å². The maximum absolute atomic E-state index is 13.2. The summed E-state index contributed by atoms with van der Waals surface area (Å²) in [5.41, 5.74) is 1.96. The largest absolute Gasteiger partial charge is 0.494 e. The van der Waals surface area contributed by atoms with E-state index in [9.17, 15) is 4.79 Å². The van der Waals surface area contributed by atoms with Gasteiger partial charge in [-0.25, -0.2) is 9.78 Å². The summed E-state index contributed by atoms with van der Waals surface area (Å²) >= 11 is 0. The van der Waals surface area contributed by atoms with Crippen LogP contribution in [0.15, 0.2) is 30.3 Å². The average Bonchev–Trinajstić information content (AvgIpc) is 3.06. The van der Waals surface area contributed by atoms with Crippen LogP contribution in [-0.4, -0.2) is 28.1 Å². The second-order valence-electron chi connectivity index (χ2n) is 8.83. The van der Waals surface area contributed by atoms with E-state index in [1.54, 1.807) is 18.2 Å². The van der Waals surface area contributed by atoms with Gasteiger partial charge in [-0.15, -0.1) is 0 Å². The number of fused-ring (bicyclic) bond motifs is 1. The number of carbonyl (C=O) groups excluding carboxylic acids is 1. The van der Waals surface area contributed by atoms with Gasteiger partial charge in [-0.05, 0) is 55.0 Å². The molecule has 1 N–H and O–H groups in total. The second-order valence-corrected chi connectivity index (χ2v) is 8.83. The standard InChI is InChI=1S/C24H33N5O3/c1-7-18(8-2)32-21-10-11-22-28(27-23(25)29(22)26-21)15-20(30)16-12-17(24(4,5)6)14-19(13-16)31-9-3/h10-14,18,25H,7-9,15H2,1-6H3. The van der Waals surface area contributed by atoms with Crippen molar-refractivity contribution < 1.29 is 19.0 Å². The summed E-state index contributed by atoms with van der Waals surface area (Å²) in [4.78, 5) is 13.2. The Kier molecular flexibility index (Phi) is 7.01. The zero-order valence-corrected chi connectivity index (χ0v) is 19.8. The highest BCUT2D eigenvalue weighted by molar-refractivity contribution is 5.95. The molecule has 0 atom stereocenters. The van der Waals surface area contributed by atoms with Crippen molar-refractivity contribution in [3.05, 3.63) is 47.1 Å². The fourth-order valence-corrected chi connectivity index (χ4v) is 3.43. The van der Waals surface area contributed by atoms with Gasteiger partial charge in [0.1, 0.15) is 5.75 Å². The van der Waals surface area contributed by atoms with Gasteiger partial charge in [-0.3, -0.25) is 9.31 Å². The molecule has 3 rings (SSSR count). The highest BCUT2D eigenvalue weighted by Gasteiger charge is 2.20. The normalized spacial score (nSPS) is 11.8. The van der Waals surface area contributed by atoms with Gasteiger partial charge in [0.05, 0.1) is 18.3 Å². The first-order chi connectivity index (χ1) is 15.2. The number of hydrogen-bond acceptors (Lipinski definition) is 5. The zero-order valence-electron chi connectivity index (χ0n) is 19.8. The van der Waals surface area contributed by atoms with E-state index in [2.05, 4.69) is 44.8 Å². The maximum atomic E-state index is 13.2. The van der Waals surface area contributed by atoms with Gasteiger partial charge in [0.15, 0.2) is 12.2 Å². The predicted molar refractivity (Wildman–Crippen MR) is 120 cm³/mol. The number of ether oxygens (including phenoxy) is 2. The molecule has 0 saturated heterocycles. The van der Waals surface area contributed by atoms with Crippen LogP contribution in [0.2, 0.25) is 0 Å². The highest BCUT2D eigenvalue weighted by atomic mass is 16.5. The Labute approximate surface area is 188 Å². The lowest BCUT2D eigenvalue weighted by molar-refractivity contribution is -0.721. The molecule has 0 unspecified atom stereocenters. The van der Waals surface area contributed by atoms with Crippen molar-refractivity contribution in [3.63, 3.8) is 0 Å². The number of benzene rings is 1. The molecule has 8 heteroatoms. The first-order valence-corrected chi connectivity index (χ1v) is 11.2. The average molecular weight is 440 g/mol. The summed E-state index contributed by atoms with van der Waals surface area (Å²) in [6, 6.07) is 9.18. The fourth-order valence-electron chi connectivity index (χ4n) is 3.43. The summed E-state index contributed by atoms with van der Waals surface area (Å²) in [5, 5.41) is 16.8. The minimum Gasteiger partial charge on any atom is -0.494 e. The zero-order chi connectivity index (χ0) is 23.5. The Morgan fingerprint density at radius 1 is 1.19 bits per heavy atom. The highest BCUT2D eigenvalue weighted by Crippen LogP contribution is 2.28. The molecule has 0 bridgehead atoms. The summed E-state index contributed by atoms with van der Waals surface area (Å²) in [5.74, 6) is 1.00. The molecular formula is C24H33N5O3. The van der Waals surface area contributed by atoms with Gasteiger partial charge in [-0.2, -0.15) is 5.10 Å². The Hall–Kier alpha value is -3.16. The molecule has 0 saturated carbocycles. The quantitative estimate of drug-likeness (QED) is 0.408. The van der Waals surface area contributed by atoms with E-state index in [-0.39, 0.29) is 29.5 Å². The number of nitrogens with one attached hydrogen (secondary N) is 1. The molecule has 0 spiro atoms. The van der Waals surface area contributed by atoms with Gasteiger partial charge in [0.2, 0.25) is 11.7 Å². The number of hydrogen-bond donors (Lipinski definition) is 1. The van der Waals surface area contributed by atoms with Gasteiger partial charge >= 0.3 is 0 Å². The summed E-state index contributed by atoms with van der Waals surface area (Å²) in [7, 11) is 0. The Balaban J connectivity index is 1.92. The number of aromatic nitrogens is 4. The van der Waals surface area contributed by atoms with Crippen LogP contribution < -0.4 is 24.9 Å². The lowest BCUT2D eigenvalue weighted by Gasteiger charge is -2.21. The third kappa shape index (κ3) is 5.18. The molecule has 0 amide bonds. The SMILES string of the molecule is CCOc1cc(C(=O)C[n+]2[n-]c(=N)n3nc(OC(CC)CC)ccc32)cc(C(C)(C)C)c1. The monoisotopic (exact) mass is 439 g/mol. The lowest BCUT2D eigenvalue weighted by Crippen LogP contribution is -2.43. The number of rotatable bonds is 9. The topological polar surface area (TPSA) is 94.7 Å². The molecule has 172 valence electrons. The number of carbonyl (C=O) groups is 1. The lowest BCUT2D eigenvalue weighted by atomic mass is 9.85. The fraction of sp³-hybridized carbons (Fsp3) is 0.500. The number of ketones is 1. The molecule has 3 aromatic rings. The Morgan fingerprint density at radius 2 is 1.91 bits per heavy atom. The van der Waals surface area contributed by atoms with Gasteiger partial charge < -0.3 is 14.9 Å². The number of nitrogens with zero attached hydrogens (tertiary/aromatic N) is 4. The molecule has 0 aliphatic heterocycles. The van der Waals surface area contributed by atoms with E-state index >= 15 is 0 Å². The third-order valence-corrected chi connectivity index (χ3v) is 5.37. The van der Waals surface area contributed by atoms with Crippen LogP contribution in [0.3, 0.4) is 0 Å². The maximum Gasteiger partial charge on any atom is 0.219 e. The smallest absolute Gasteiger partial charge is 0.219 e. The predicted octanol–water partition coefficient (Wildman–Crippen LogP) is 3.20. The molecule has 2 aromatic heterocycles. The van der Waals surface area contributed by atoms with Crippen LogP contribution >= 0.6 is 0 Å². The molecule has 8 nitrogen and oxygen atoms in total. The van der Waals surface area contributed by atoms with Crippen LogP contribution in [-0.2, 0) is 12.0 Å². The van der Waals surface area contributed by atoms with E-state index in [1.807, 2.05) is 19.1 Å². The van der Waals surface area contributed by atoms with Crippen molar-refractivity contribution in [2.45, 2.75) is 72.4 Å².